The molecule has 7 heteroatoms. The van der Waals surface area contributed by atoms with Crippen LogP contribution in [0.15, 0.2) is 28.2 Å². The first-order valence-corrected chi connectivity index (χ1v) is 7.93. The van der Waals surface area contributed by atoms with Crippen LogP contribution in [0.25, 0.3) is 0 Å². The average molecular weight is 285 g/mol. The number of piperidine rings is 1. The number of hydrogen-bond donors (Lipinski definition) is 2. The van der Waals surface area contributed by atoms with Crippen molar-refractivity contribution in [2.24, 2.45) is 0 Å². The number of likely N-dealkylation sites (tertiary alicyclic amines) is 1. The van der Waals surface area contributed by atoms with Crippen molar-refractivity contribution in [2.75, 3.05) is 19.6 Å². The van der Waals surface area contributed by atoms with Gasteiger partial charge in [0.25, 0.3) is 0 Å². The first-order chi connectivity index (χ1) is 9.03. The minimum absolute atomic E-state index is 0.0904. The van der Waals surface area contributed by atoms with Crippen LogP contribution in [0.1, 0.15) is 19.8 Å². The van der Waals surface area contributed by atoms with Gasteiger partial charge in [-0.2, -0.15) is 0 Å². The van der Waals surface area contributed by atoms with Crippen molar-refractivity contribution in [3.05, 3.63) is 28.7 Å². The minimum Gasteiger partial charge on any atom is -0.366 e. The Hall–Kier alpha value is -1.18. The maximum absolute atomic E-state index is 12.1. The third kappa shape index (κ3) is 3.43. The second-order valence-corrected chi connectivity index (χ2v) is 6.39. The number of aromatic amines is 1. The third-order valence-corrected chi connectivity index (χ3v) is 4.98. The van der Waals surface area contributed by atoms with E-state index in [4.69, 9.17) is 0 Å². The molecule has 1 fully saturated rings. The molecule has 0 unspecified atom stereocenters. The van der Waals surface area contributed by atoms with Crippen LogP contribution in [0.5, 0.6) is 0 Å². The average Bonchev–Trinajstić information content (AvgIpc) is 2.39. The number of rotatable bonds is 4. The second kappa shape index (κ2) is 5.85. The summed E-state index contributed by atoms with van der Waals surface area (Å²) in [4.78, 5) is 16.3. The smallest absolute Gasteiger partial charge is 0.246 e. The summed E-state index contributed by atoms with van der Waals surface area (Å²) in [6.45, 7) is 4.84. The Morgan fingerprint density at radius 1 is 1.42 bits per heavy atom. The molecule has 6 nitrogen and oxygen atoms in total. The van der Waals surface area contributed by atoms with Gasteiger partial charge in [-0.05, 0) is 32.5 Å². The highest BCUT2D eigenvalue weighted by Gasteiger charge is 2.25. The Morgan fingerprint density at radius 3 is 2.68 bits per heavy atom. The fraction of sp³-hybridized carbons (Fsp3) is 0.583. The lowest BCUT2D eigenvalue weighted by Crippen LogP contribution is -2.45. The van der Waals surface area contributed by atoms with E-state index in [9.17, 15) is 13.2 Å². The van der Waals surface area contributed by atoms with Crippen LogP contribution in [-0.2, 0) is 10.0 Å². The predicted octanol–water partition coefficient (Wildman–Crippen LogP) is 0.137. The molecule has 0 amide bonds. The molecule has 0 bridgehead atoms. The molecule has 106 valence electrons. The Labute approximate surface area is 112 Å². The molecule has 1 saturated heterocycles. The van der Waals surface area contributed by atoms with Gasteiger partial charge in [0.05, 0.1) is 0 Å². The molecular formula is C12H19N3O3S. The molecule has 1 aliphatic rings. The zero-order valence-corrected chi connectivity index (χ0v) is 11.7. The molecule has 0 radical (unpaired) electrons. The van der Waals surface area contributed by atoms with Gasteiger partial charge in [-0.25, -0.2) is 13.1 Å². The van der Waals surface area contributed by atoms with E-state index in [-0.39, 0.29) is 10.9 Å². The zero-order valence-electron chi connectivity index (χ0n) is 10.9. The summed E-state index contributed by atoms with van der Waals surface area (Å²) in [5.74, 6) is 0. The first kappa shape index (κ1) is 14.2. The van der Waals surface area contributed by atoms with Gasteiger partial charge in [0.2, 0.25) is 15.5 Å². The predicted molar refractivity (Wildman–Crippen MR) is 72.5 cm³/mol. The van der Waals surface area contributed by atoms with Crippen LogP contribution in [0.2, 0.25) is 0 Å². The van der Waals surface area contributed by atoms with Gasteiger partial charge in [0.1, 0.15) is 4.90 Å². The third-order valence-electron chi connectivity index (χ3n) is 3.43. The van der Waals surface area contributed by atoms with Crippen LogP contribution >= 0.6 is 0 Å². The molecule has 0 aromatic carbocycles. The molecule has 0 aliphatic carbocycles. The van der Waals surface area contributed by atoms with Gasteiger partial charge in [0.15, 0.2) is 0 Å². The van der Waals surface area contributed by atoms with E-state index in [0.29, 0.717) is 0 Å². The zero-order chi connectivity index (χ0) is 13.9. The van der Waals surface area contributed by atoms with Crippen molar-refractivity contribution in [3.8, 4) is 0 Å². The largest absolute Gasteiger partial charge is 0.366 e. The Morgan fingerprint density at radius 2 is 2.11 bits per heavy atom. The van der Waals surface area contributed by atoms with Gasteiger partial charge >= 0.3 is 0 Å². The highest BCUT2D eigenvalue weighted by Crippen LogP contribution is 2.12. The highest BCUT2D eigenvalue weighted by atomic mass is 32.2. The monoisotopic (exact) mass is 285 g/mol. The van der Waals surface area contributed by atoms with Gasteiger partial charge in [-0.3, -0.25) is 4.79 Å². The van der Waals surface area contributed by atoms with Gasteiger partial charge in [0, 0.05) is 24.5 Å². The van der Waals surface area contributed by atoms with Crippen LogP contribution in [0.4, 0.5) is 0 Å². The molecule has 2 heterocycles. The van der Waals surface area contributed by atoms with E-state index < -0.39 is 15.5 Å². The number of hydrogen-bond acceptors (Lipinski definition) is 4. The van der Waals surface area contributed by atoms with Crippen molar-refractivity contribution >= 4 is 10.0 Å². The summed E-state index contributed by atoms with van der Waals surface area (Å²) < 4.78 is 26.9. The van der Waals surface area contributed by atoms with Crippen LogP contribution in [0, 0.1) is 0 Å². The molecule has 1 aliphatic heterocycles. The van der Waals surface area contributed by atoms with Crippen molar-refractivity contribution in [2.45, 2.75) is 30.7 Å². The summed E-state index contributed by atoms with van der Waals surface area (Å²) in [7, 11) is -3.73. The molecule has 0 spiro atoms. The lowest BCUT2D eigenvalue weighted by atomic mass is 10.1. The number of nitrogens with one attached hydrogen (secondary N) is 2. The molecule has 1 aromatic rings. The number of aromatic nitrogens is 1. The molecule has 19 heavy (non-hydrogen) atoms. The fourth-order valence-electron chi connectivity index (χ4n) is 2.26. The van der Waals surface area contributed by atoms with Crippen molar-refractivity contribution < 1.29 is 8.42 Å². The summed E-state index contributed by atoms with van der Waals surface area (Å²) in [5.41, 5.74) is -0.489. The Balaban J connectivity index is 2.07. The lowest BCUT2D eigenvalue weighted by Gasteiger charge is -2.31. The lowest BCUT2D eigenvalue weighted by molar-refractivity contribution is 0.217. The van der Waals surface area contributed by atoms with E-state index in [1.165, 1.54) is 18.5 Å². The first-order valence-electron chi connectivity index (χ1n) is 6.44. The Bertz CT molecular complexity index is 574. The van der Waals surface area contributed by atoms with Gasteiger partial charge in [-0.15, -0.1) is 0 Å². The van der Waals surface area contributed by atoms with Crippen LogP contribution in [0.3, 0.4) is 0 Å². The summed E-state index contributed by atoms with van der Waals surface area (Å²) in [6.07, 6.45) is 4.20. The van der Waals surface area contributed by atoms with E-state index in [2.05, 4.69) is 21.5 Å². The summed E-state index contributed by atoms with van der Waals surface area (Å²) in [5, 5.41) is 0. The van der Waals surface area contributed by atoms with Gasteiger partial charge in [-0.1, -0.05) is 6.92 Å². The summed E-state index contributed by atoms with van der Waals surface area (Å²) in [6, 6.07) is 1.13. The minimum atomic E-state index is -3.73. The molecule has 1 aromatic heterocycles. The van der Waals surface area contributed by atoms with E-state index in [1.807, 2.05) is 0 Å². The SMILES string of the molecule is CCN1CCC(NS(=O)(=O)c2c[nH]ccc2=O)CC1. The maximum Gasteiger partial charge on any atom is 0.246 e. The van der Waals surface area contributed by atoms with Crippen molar-refractivity contribution in [1.82, 2.24) is 14.6 Å². The molecule has 2 N–H and O–H groups in total. The van der Waals surface area contributed by atoms with Crippen LogP contribution in [-0.4, -0.2) is 44.0 Å². The van der Waals surface area contributed by atoms with Gasteiger partial charge < -0.3 is 9.88 Å². The van der Waals surface area contributed by atoms with E-state index in [0.717, 1.165) is 32.5 Å². The maximum atomic E-state index is 12.1. The normalized spacial score (nSPS) is 18.6. The quantitative estimate of drug-likeness (QED) is 0.824. The second-order valence-electron chi connectivity index (χ2n) is 4.70. The molecule has 0 saturated carbocycles. The molecule has 2 rings (SSSR count). The topological polar surface area (TPSA) is 82.3 Å². The standard InChI is InChI=1S/C12H19N3O3S/c1-2-15-7-4-10(5-8-15)14-19(17,18)12-9-13-6-3-11(12)16/h3,6,9-10,14H,2,4-5,7-8H2,1H3,(H,13,16). The summed E-state index contributed by atoms with van der Waals surface area (Å²) >= 11 is 0. The number of pyridine rings is 1. The fourth-order valence-corrected chi connectivity index (χ4v) is 3.62. The van der Waals surface area contributed by atoms with Crippen molar-refractivity contribution in [1.29, 1.82) is 0 Å². The molecular weight excluding hydrogens is 266 g/mol. The number of H-pyrrole nitrogens is 1. The number of sulfonamides is 1. The van der Waals surface area contributed by atoms with Crippen molar-refractivity contribution in [3.63, 3.8) is 0 Å². The highest BCUT2D eigenvalue weighted by molar-refractivity contribution is 7.89. The Kier molecular flexibility index (Phi) is 4.38. The van der Waals surface area contributed by atoms with E-state index in [1.54, 1.807) is 0 Å². The number of nitrogens with zero attached hydrogens (tertiary/aromatic N) is 1. The van der Waals surface area contributed by atoms with Crippen LogP contribution < -0.4 is 10.2 Å². The molecule has 0 atom stereocenters. The van der Waals surface area contributed by atoms with E-state index >= 15 is 0 Å².